The van der Waals surface area contributed by atoms with Gasteiger partial charge in [0.25, 0.3) is 5.91 Å². The van der Waals surface area contributed by atoms with E-state index in [1.165, 1.54) is 41.6 Å². The van der Waals surface area contributed by atoms with E-state index >= 15 is 0 Å². The Labute approximate surface area is 149 Å². The van der Waals surface area contributed by atoms with Crippen molar-refractivity contribution in [1.82, 2.24) is 10.4 Å². The summed E-state index contributed by atoms with van der Waals surface area (Å²) in [5.41, 5.74) is 2.53. The number of hydrogen-bond acceptors (Lipinski definition) is 3. The number of amides is 3. The van der Waals surface area contributed by atoms with E-state index in [0.717, 1.165) is 0 Å². The highest BCUT2D eigenvalue weighted by Gasteiger charge is 2.26. The lowest BCUT2D eigenvalue weighted by atomic mass is 10.2. The minimum Gasteiger partial charge on any atom is -0.308 e. The van der Waals surface area contributed by atoms with Gasteiger partial charge in [0.05, 0.1) is 0 Å². The van der Waals surface area contributed by atoms with Crippen LogP contribution in [0.15, 0.2) is 48.5 Å². The predicted octanol–water partition coefficient (Wildman–Crippen LogP) is 3.41. The molecule has 3 N–H and O–H groups in total. The minimum absolute atomic E-state index is 0.0429. The second kappa shape index (κ2) is 8.46. The molecule has 0 aliphatic rings. The first-order chi connectivity index (χ1) is 11.9. The highest BCUT2D eigenvalue weighted by molar-refractivity contribution is 6.31. The zero-order chi connectivity index (χ0) is 18.4. The summed E-state index contributed by atoms with van der Waals surface area (Å²) in [6.07, 6.45) is 0. The number of hydrogen-bond donors (Lipinski definition) is 3. The monoisotopic (exact) mass is 365 g/mol. The van der Waals surface area contributed by atoms with Crippen molar-refractivity contribution in [1.29, 1.82) is 0 Å². The van der Waals surface area contributed by atoms with Crippen molar-refractivity contribution in [2.45, 2.75) is 19.5 Å². The first-order valence-corrected chi connectivity index (χ1v) is 7.80. The standard InChI is InChI=1S/C17H17ClFN3O3/c1-11(16(23)21-25)22(10-12-4-2-3-5-15(12)18)17(24)20-14-8-6-13(19)7-9-14/h2-9,11,25H,10H2,1H3,(H,20,24)(H,21,23)/t11-/m0/s1. The van der Waals surface area contributed by atoms with Gasteiger partial charge in [0.1, 0.15) is 11.9 Å². The average Bonchev–Trinajstić information content (AvgIpc) is 2.61. The number of benzene rings is 2. The number of carbonyl (C=O) groups is 2. The van der Waals surface area contributed by atoms with Gasteiger partial charge >= 0.3 is 6.03 Å². The highest BCUT2D eigenvalue weighted by atomic mass is 35.5. The summed E-state index contributed by atoms with van der Waals surface area (Å²) < 4.78 is 13.0. The van der Waals surface area contributed by atoms with Crippen LogP contribution in [0.3, 0.4) is 0 Å². The molecule has 2 rings (SSSR count). The highest BCUT2D eigenvalue weighted by Crippen LogP contribution is 2.19. The van der Waals surface area contributed by atoms with Gasteiger partial charge in [-0.1, -0.05) is 29.8 Å². The molecule has 8 heteroatoms. The molecule has 1 atom stereocenters. The summed E-state index contributed by atoms with van der Waals surface area (Å²) in [4.78, 5) is 25.6. The van der Waals surface area contributed by atoms with Crippen molar-refractivity contribution in [3.8, 4) is 0 Å². The van der Waals surface area contributed by atoms with Gasteiger partial charge in [-0.2, -0.15) is 0 Å². The predicted molar refractivity (Wildman–Crippen MR) is 91.8 cm³/mol. The average molecular weight is 366 g/mol. The molecule has 0 aliphatic carbocycles. The summed E-state index contributed by atoms with van der Waals surface area (Å²) in [5.74, 6) is -1.18. The Balaban J connectivity index is 2.23. The number of rotatable bonds is 5. The molecule has 0 aliphatic heterocycles. The number of urea groups is 1. The van der Waals surface area contributed by atoms with Gasteiger partial charge in [-0.25, -0.2) is 14.7 Å². The van der Waals surface area contributed by atoms with E-state index in [4.69, 9.17) is 16.8 Å². The molecule has 3 amide bonds. The smallest absolute Gasteiger partial charge is 0.308 e. The lowest BCUT2D eigenvalue weighted by molar-refractivity contribution is -0.133. The van der Waals surface area contributed by atoms with Crippen LogP contribution in [-0.2, 0) is 11.3 Å². The fraction of sp³-hybridized carbons (Fsp3) is 0.176. The van der Waals surface area contributed by atoms with Crippen LogP contribution in [-0.4, -0.2) is 28.1 Å². The zero-order valence-electron chi connectivity index (χ0n) is 13.4. The normalized spacial score (nSPS) is 11.5. The van der Waals surface area contributed by atoms with Crippen LogP contribution in [0.25, 0.3) is 0 Å². The second-order valence-corrected chi connectivity index (χ2v) is 5.72. The number of nitrogens with one attached hydrogen (secondary N) is 2. The maximum atomic E-state index is 13.0. The van der Waals surface area contributed by atoms with E-state index in [9.17, 15) is 14.0 Å². The Kier molecular flexibility index (Phi) is 6.32. The topological polar surface area (TPSA) is 81.7 Å². The van der Waals surface area contributed by atoms with Crippen LogP contribution in [0, 0.1) is 5.82 Å². The minimum atomic E-state index is -0.971. The zero-order valence-corrected chi connectivity index (χ0v) is 14.1. The van der Waals surface area contributed by atoms with Crippen molar-refractivity contribution in [3.63, 3.8) is 0 Å². The van der Waals surface area contributed by atoms with Crippen molar-refractivity contribution in [2.75, 3.05) is 5.32 Å². The third-order valence-electron chi connectivity index (χ3n) is 3.61. The largest absolute Gasteiger partial charge is 0.322 e. The molecular weight excluding hydrogens is 349 g/mol. The van der Waals surface area contributed by atoms with Gasteiger partial charge < -0.3 is 10.2 Å². The van der Waals surface area contributed by atoms with Gasteiger partial charge in [0.15, 0.2) is 0 Å². The van der Waals surface area contributed by atoms with Crippen LogP contribution in [0.1, 0.15) is 12.5 Å². The lowest BCUT2D eigenvalue weighted by Gasteiger charge is -2.28. The van der Waals surface area contributed by atoms with Gasteiger partial charge in [-0.3, -0.25) is 10.0 Å². The summed E-state index contributed by atoms with van der Waals surface area (Å²) in [6.45, 7) is 1.51. The second-order valence-electron chi connectivity index (χ2n) is 5.31. The Morgan fingerprint density at radius 1 is 1.20 bits per heavy atom. The molecule has 0 heterocycles. The SMILES string of the molecule is C[C@@H](C(=O)NO)N(Cc1ccccc1Cl)C(=O)Nc1ccc(F)cc1. The first kappa shape index (κ1) is 18.7. The van der Waals surface area contributed by atoms with E-state index < -0.39 is 23.8 Å². The molecule has 0 bridgehead atoms. The third-order valence-corrected chi connectivity index (χ3v) is 3.98. The van der Waals surface area contributed by atoms with Crippen molar-refractivity contribution < 1.29 is 19.2 Å². The molecule has 2 aromatic carbocycles. The van der Waals surface area contributed by atoms with Gasteiger partial charge in [0.2, 0.25) is 0 Å². The summed E-state index contributed by atoms with van der Waals surface area (Å²) >= 11 is 6.12. The molecule has 0 radical (unpaired) electrons. The van der Waals surface area contributed by atoms with Crippen LogP contribution in [0.4, 0.5) is 14.9 Å². The molecule has 6 nitrogen and oxygen atoms in total. The Hall–Kier alpha value is -2.64. The van der Waals surface area contributed by atoms with E-state index in [-0.39, 0.29) is 6.54 Å². The molecule has 0 fully saturated rings. The van der Waals surface area contributed by atoms with E-state index in [1.54, 1.807) is 24.3 Å². The number of hydroxylamine groups is 1. The van der Waals surface area contributed by atoms with Gasteiger partial charge in [0, 0.05) is 17.3 Å². The van der Waals surface area contributed by atoms with Crippen LogP contribution >= 0.6 is 11.6 Å². The summed E-state index contributed by atoms with van der Waals surface area (Å²) in [5, 5.41) is 11.9. The molecule has 132 valence electrons. The van der Waals surface area contributed by atoms with Crippen LogP contribution in [0.5, 0.6) is 0 Å². The summed E-state index contributed by atoms with van der Waals surface area (Å²) in [6, 6.07) is 10.6. The van der Waals surface area contributed by atoms with Gasteiger partial charge in [-0.05, 0) is 42.8 Å². The van der Waals surface area contributed by atoms with Crippen LogP contribution in [0.2, 0.25) is 5.02 Å². The maximum absolute atomic E-state index is 13.0. The fourth-order valence-corrected chi connectivity index (χ4v) is 2.35. The number of halogens is 2. The summed E-state index contributed by atoms with van der Waals surface area (Å²) in [7, 11) is 0. The molecule has 0 saturated heterocycles. The number of anilines is 1. The number of carbonyl (C=O) groups excluding carboxylic acids is 2. The van der Waals surface area contributed by atoms with Crippen molar-refractivity contribution in [3.05, 3.63) is 64.9 Å². The third kappa shape index (κ3) is 4.91. The lowest BCUT2D eigenvalue weighted by Crippen LogP contribution is -2.48. The van der Waals surface area contributed by atoms with Crippen molar-refractivity contribution in [2.24, 2.45) is 0 Å². The van der Waals surface area contributed by atoms with Crippen LogP contribution < -0.4 is 10.8 Å². The van der Waals surface area contributed by atoms with E-state index in [0.29, 0.717) is 16.3 Å². The maximum Gasteiger partial charge on any atom is 0.322 e. The molecule has 0 spiro atoms. The fourth-order valence-electron chi connectivity index (χ4n) is 2.16. The Morgan fingerprint density at radius 2 is 1.84 bits per heavy atom. The Morgan fingerprint density at radius 3 is 2.44 bits per heavy atom. The quantitative estimate of drug-likeness (QED) is 0.561. The Bertz CT molecular complexity index is 755. The molecule has 2 aromatic rings. The molecule has 25 heavy (non-hydrogen) atoms. The molecule has 0 aromatic heterocycles. The van der Waals surface area contributed by atoms with E-state index in [1.807, 2.05) is 0 Å². The molecular formula is C17H17ClFN3O3. The first-order valence-electron chi connectivity index (χ1n) is 7.43. The molecule has 0 saturated carbocycles. The van der Waals surface area contributed by atoms with Crippen molar-refractivity contribution >= 4 is 29.2 Å². The number of nitrogens with zero attached hydrogens (tertiary/aromatic N) is 1. The molecule has 0 unspecified atom stereocenters. The van der Waals surface area contributed by atoms with E-state index in [2.05, 4.69) is 5.32 Å². The van der Waals surface area contributed by atoms with Gasteiger partial charge in [-0.15, -0.1) is 0 Å².